The summed E-state index contributed by atoms with van der Waals surface area (Å²) in [6, 6.07) is 64.7. The summed E-state index contributed by atoms with van der Waals surface area (Å²) >= 11 is 0. The van der Waals surface area contributed by atoms with Crippen LogP contribution in [0.4, 0.5) is 17.1 Å². The van der Waals surface area contributed by atoms with E-state index in [0.717, 1.165) is 44.4 Å². The van der Waals surface area contributed by atoms with Crippen LogP contribution < -0.4 is 4.90 Å². The van der Waals surface area contributed by atoms with Crippen LogP contribution in [0.25, 0.3) is 66.4 Å². The van der Waals surface area contributed by atoms with Gasteiger partial charge in [-0.1, -0.05) is 155 Å². The largest absolute Gasteiger partial charge is 0.456 e. The third-order valence-electron chi connectivity index (χ3n) is 12.7. The molecule has 8 aromatic carbocycles. The maximum atomic E-state index is 6.21. The summed E-state index contributed by atoms with van der Waals surface area (Å²) < 4.78 is 6.21. The van der Waals surface area contributed by atoms with Crippen molar-refractivity contribution in [3.05, 3.63) is 198 Å². The summed E-state index contributed by atoms with van der Waals surface area (Å²) in [6.07, 6.45) is 0. The van der Waals surface area contributed by atoms with E-state index >= 15 is 0 Å². The lowest BCUT2D eigenvalue weighted by Gasteiger charge is -2.31. The topological polar surface area (TPSA) is 16.4 Å². The van der Waals surface area contributed by atoms with Crippen molar-refractivity contribution < 1.29 is 4.42 Å². The molecule has 0 aliphatic heterocycles. The third kappa shape index (κ3) is 4.69. The minimum atomic E-state index is -0.127. The van der Waals surface area contributed by atoms with E-state index in [9.17, 15) is 0 Å². The van der Waals surface area contributed by atoms with Crippen LogP contribution in [0.5, 0.6) is 0 Å². The summed E-state index contributed by atoms with van der Waals surface area (Å²) in [5.74, 6) is 0. The van der Waals surface area contributed by atoms with Crippen molar-refractivity contribution in [2.45, 2.75) is 38.5 Å². The van der Waals surface area contributed by atoms with Gasteiger partial charge < -0.3 is 9.32 Å². The van der Waals surface area contributed by atoms with Gasteiger partial charge in [0.1, 0.15) is 11.2 Å². The van der Waals surface area contributed by atoms with Crippen molar-refractivity contribution in [3.63, 3.8) is 0 Å². The zero-order valence-electron chi connectivity index (χ0n) is 32.1. The van der Waals surface area contributed by atoms with Gasteiger partial charge in [0.15, 0.2) is 0 Å². The predicted molar refractivity (Wildman–Crippen MR) is 234 cm³/mol. The van der Waals surface area contributed by atoms with Gasteiger partial charge in [0.2, 0.25) is 0 Å². The molecular formula is C54H41NO. The number of anilines is 3. The molecule has 2 aliphatic carbocycles. The molecule has 2 aliphatic rings. The van der Waals surface area contributed by atoms with Gasteiger partial charge >= 0.3 is 0 Å². The van der Waals surface area contributed by atoms with Crippen molar-refractivity contribution in [2.75, 3.05) is 4.90 Å². The fraction of sp³-hybridized carbons (Fsp3) is 0.111. The van der Waals surface area contributed by atoms with Gasteiger partial charge in [0.25, 0.3) is 0 Å². The quantitative estimate of drug-likeness (QED) is 0.176. The van der Waals surface area contributed by atoms with Crippen LogP contribution in [-0.2, 0) is 10.8 Å². The molecule has 268 valence electrons. The third-order valence-corrected chi connectivity index (χ3v) is 12.7. The lowest BCUT2D eigenvalue weighted by molar-refractivity contribution is 0.660. The van der Waals surface area contributed by atoms with Crippen LogP contribution in [-0.4, -0.2) is 0 Å². The maximum Gasteiger partial charge on any atom is 0.135 e. The molecule has 0 radical (unpaired) electrons. The first-order chi connectivity index (χ1) is 27.3. The normalized spacial score (nSPS) is 14.4. The summed E-state index contributed by atoms with van der Waals surface area (Å²) in [5, 5.41) is 2.27. The van der Waals surface area contributed by atoms with Crippen LogP contribution in [0.15, 0.2) is 180 Å². The van der Waals surface area contributed by atoms with E-state index in [2.05, 4.69) is 196 Å². The average molecular weight is 720 g/mol. The molecule has 9 aromatic rings. The van der Waals surface area contributed by atoms with Crippen LogP contribution in [0.3, 0.4) is 0 Å². The van der Waals surface area contributed by atoms with Gasteiger partial charge in [-0.15, -0.1) is 0 Å². The maximum absolute atomic E-state index is 6.21. The number of para-hydroxylation sites is 2. The second-order valence-corrected chi connectivity index (χ2v) is 16.5. The number of hydrogen-bond acceptors (Lipinski definition) is 2. The molecule has 2 nitrogen and oxygen atoms in total. The smallest absolute Gasteiger partial charge is 0.135 e. The Morgan fingerprint density at radius 3 is 1.82 bits per heavy atom. The summed E-state index contributed by atoms with van der Waals surface area (Å²) in [6.45, 7) is 9.45. The second kappa shape index (κ2) is 11.9. The van der Waals surface area contributed by atoms with E-state index in [0.29, 0.717) is 0 Å². The first kappa shape index (κ1) is 32.8. The monoisotopic (exact) mass is 719 g/mol. The summed E-state index contributed by atoms with van der Waals surface area (Å²) in [5.41, 5.74) is 20.5. The zero-order chi connectivity index (χ0) is 37.8. The Kier molecular flexibility index (Phi) is 6.98. The molecule has 56 heavy (non-hydrogen) atoms. The second-order valence-electron chi connectivity index (χ2n) is 16.5. The number of hydrogen-bond donors (Lipinski definition) is 0. The Morgan fingerprint density at radius 2 is 0.964 bits per heavy atom. The van der Waals surface area contributed by atoms with Crippen LogP contribution in [0, 0.1) is 0 Å². The number of fused-ring (bicyclic) bond motifs is 9. The van der Waals surface area contributed by atoms with Gasteiger partial charge in [-0.25, -0.2) is 0 Å². The molecule has 2 heteroatoms. The first-order valence-electron chi connectivity index (χ1n) is 19.7. The highest BCUT2D eigenvalue weighted by molar-refractivity contribution is 6.06. The molecular weight excluding hydrogens is 679 g/mol. The summed E-state index contributed by atoms with van der Waals surface area (Å²) in [7, 11) is 0. The van der Waals surface area contributed by atoms with Gasteiger partial charge in [-0.3, -0.25) is 0 Å². The molecule has 1 heterocycles. The molecule has 0 spiro atoms. The average Bonchev–Trinajstić information content (AvgIpc) is 3.81. The molecule has 0 saturated carbocycles. The van der Waals surface area contributed by atoms with Crippen molar-refractivity contribution in [3.8, 4) is 44.5 Å². The Labute approximate surface area is 328 Å². The number of benzene rings is 8. The molecule has 0 N–H and O–H groups in total. The van der Waals surface area contributed by atoms with Crippen LogP contribution in [0.1, 0.15) is 49.9 Å². The molecule has 0 unspecified atom stereocenters. The van der Waals surface area contributed by atoms with Crippen molar-refractivity contribution >= 4 is 39.0 Å². The fourth-order valence-electron chi connectivity index (χ4n) is 9.84. The molecule has 1 aromatic heterocycles. The molecule has 0 fully saturated rings. The fourth-order valence-corrected chi connectivity index (χ4v) is 9.84. The molecule has 0 atom stereocenters. The molecule has 0 saturated heterocycles. The molecule has 0 bridgehead atoms. The van der Waals surface area contributed by atoms with Crippen molar-refractivity contribution in [2.24, 2.45) is 0 Å². The van der Waals surface area contributed by atoms with Gasteiger partial charge in [-0.05, 0) is 104 Å². The van der Waals surface area contributed by atoms with E-state index in [1.54, 1.807) is 0 Å². The van der Waals surface area contributed by atoms with Crippen molar-refractivity contribution in [1.29, 1.82) is 0 Å². The first-order valence-corrected chi connectivity index (χ1v) is 19.7. The van der Waals surface area contributed by atoms with Crippen LogP contribution >= 0.6 is 0 Å². The SMILES string of the molecule is CC1(C)c2ccccc2-c2ccc(-c3ccccc3N(c3cccc(-c4ccc5oc6ccccc6c5c4)c3)c3cccc4c3-c3ccccc3C4(C)C)cc21. The van der Waals surface area contributed by atoms with E-state index < -0.39 is 0 Å². The molecule has 0 amide bonds. The number of rotatable bonds is 5. The minimum Gasteiger partial charge on any atom is -0.456 e. The number of furan rings is 1. The van der Waals surface area contributed by atoms with Gasteiger partial charge in [0, 0.05) is 38.4 Å². The Balaban J connectivity index is 1.14. The van der Waals surface area contributed by atoms with E-state index in [1.807, 2.05) is 12.1 Å². The Morgan fingerprint density at radius 1 is 0.375 bits per heavy atom. The van der Waals surface area contributed by atoms with E-state index in [1.165, 1.54) is 61.3 Å². The lowest BCUT2D eigenvalue weighted by Crippen LogP contribution is -2.16. The standard InChI is InChI=1S/C54H41NO/c1-53(2)45-22-10-6-20-42(45)52-46(53)23-14-25-49(52)55(37-16-13-15-34(31-37)35-28-30-51-43(32-35)41-19-8-12-26-50(41)56-51)48-24-11-7-17-38(48)36-27-29-40-39-18-5-9-21-44(39)54(3,4)47(40)33-36/h5-33H,1-4H3. The lowest BCUT2D eigenvalue weighted by atomic mass is 9.81. The highest BCUT2D eigenvalue weighted by Crippen LogP contribution is 2.56. The summed E-state index contributed by atoms with van der Waals surface area (Å²) in [4.78, 5) is 2.51. The Bertz CT molecular complexity index is 3050. The van der Waals surface area contributed by atoms with Crippen LogP contribution in [0.2, 0.25) is 0 Å². The highest BCUT2D eigenvalue weighted by Gasteiger charge is 2.39. The predicted octanol–water partition coefficient (Wildman–Crippen LogP) is 15.0. The zero-order valence-corrected chi connectivity index (χ0v) is 32.1. The molecule has 11 rings (SSSR count). The van der Waals surface area contributed by atoms with Crippen molar-refractivity contribution in [1.82, 2.24) is 0 Å². The van der Waals surface area contributed by atoms with E-state index in [-0.39, 0.29) is 10.8 Å². The highest BCUT2D eigenvalue weighted by atomic mass is 16.3. The minimum absolute atomic E-state index is 0.0954. The number of nitrogens with zero attached hydrogens (tertiary/aromatic N) is 1. The van der Waals surface area contributed by atoms with Gasteiger partial charge in [0.05, 0.1) is 11.4 Å². The van der Waals surface area contributed by atoms with Gasteiger partial charge in [-0.2, -0.15) is 0 Å². The van der Waals surface area contributed by atoms with E-state index in [4.69, 9.17) is 4.42 Å². The Hall–Kier alpha value is -6.64.